The molecule has 4 aromatic rings. The van der Waals surface area contributed by atoms with Crippen LogP contribution < -0.4 is 10.6 Å². The van der Waals surface area contributed by atoms with Crippen molar-refractivity contribution in [2.24, 2.45) is 5.41 Å². The fraction of sp³-hybridized carbons (Fsp3) is 0.444. The summed E-state index contributed by atoms with van der Waals surface area (Å²) < 4.78 is 1.85. The monoisotopic (exact) mass is 472 g/mol. The number of piperidine rings is 1. The summed E-state index contributed by atoms with van der Waals surface area (Å²) in [6, 6.07) is 4.95. The average molecular weight is 473 g/mol. The van der Waals surface area contributed by atoms with Crippen LogP contribution in [-0.2, 0) is 0 Å². The van der Waals surface area contributed by atoms with Crippen molar-refractivity contribution >= 4 is 28.6 Å². The molecule has 0 amide bonds. The summed E-state index contributed by atoms with van der Waals surface area (Å²) >= 11 is 0. The maximum Gasteiger partial charge on any atom is 0.224 e. The van der Waals surface area contributed by atoms with Gasteiger partial charge >= 0.3 is 0 Å². The van der Waals surface area contributed by atoms with E-state index >= 15 is 0 Å². The average Bonchev–Trinajstić information content (AvgIpc) is 3.29. The van der Waals surface area contributed by atoms with Gasteiger partial charge in [0.2, 0.25) is 5.95 Å². The third-order valence-electron chi connectivity index (χ3n) is 7.42. The van der Waals surface area contributed by atoms with Crippen LogP contribution in [-0.4, -0.2) is 69.2 Å². The molecule has 4 aromatic heterocycles. The topological polar surface area (TPSA) is 86.2 Å². The normalized spacial score (nSPS) is 17.8. The number of aromatic nitrogens is 5. The number of nitrogens with zero attached hydrogens (tertiary/aromatic N) is 5. The molecule has 1 aliphatic carbocycles. The molecule has 3 N–H and O–H groups in total. The Balaban J connectivity index is 0.000000239. The van der Waals surface area contributed by atoms with E-state index in [1.54, 1.807) is 0 Å². The van der Waals surface area contributed by atoms with Gasteiger partial charge in [0.25, 0.3) is 0 Å². The molecule has 5 heterocycles. The zero-order valence-corrected chi connectivity index (χ0v) is 21.0. The Bertz CT molecular complexity index is 1310. The number of fused-ring (bicyclic) bond motifs is 2. The lowest BCUT2D eigenvalue weighted by Gasteiger charge is -2.28. The number of hydrogen-bond acceptors (Lipinski definition) is 6. The van der Waals surface area contributed by atoms with Crippen molar-refractivity contribution < 1.29 is 0 Å². The van der Waals surface area contributed by atoms with Crippen molar-refractivity contribution in [3.05, 3.63) is 49.1 Å². The van der Waals surface area contributed by atoms with Crippen molar-refractivity contribution in [1.82, 2.24) is 34.8 Å². The van der Waals surface area contributed by atoms with Crippen LogP contribution in [0, 0.1) is 5.41 Å². The Morgan fingerprint density at radius 2 is 2.06 bits per heavy atom. The van der Waals surface area contributed by atoms with Crippen LogP contribution in [0.15, 0.2) is 43.5 Å². The molecule has 2 fully saturated rings. The Hall–Kier alpha value is -3.23. The highest BCUT2D eigenvalue weighted by Crippen LogP contribution is 2.44. The molecule has 0 radical (unpaired) electrons. The smallest absolute Gasteiger partial charge is 0.224 e. The second-order valence-corrected chi connectivity index (χ2v) is 10.2. The molecular formula is C27H36N8. The third-order valence-corrected chi connectivity index (χ3v) is 7.42. The predicted molar refractivity (Wildman–Crippen MR) is 144 cm³/mol. The number of rotatable bonds is 6. The summed E-state index contributed by atoms with van der Waals surface area (Å²) in [6.45, 7) is 9.58. The quantitative estimate of drug-likeness (QED) is 0.385. The van der Waals surface area contributed by atoms with E-state index in [0.717, 1.165) is 45.8 Å². The minimum Gasteiger partial charge on any atom is -0.354 e. The van der Waals surface area contributed by atoms with Gasteiger partial charge in [0, 0.05) is 47.7 Å². The van der Waals surface area contributed by atoms with E-state index in [0.29, 0.717) is 11.4 Å². The fourth-order valence-corrected chi connectivity index (χ4v) is 4.54. The zero-order valence-electron chi connectivity index (χ0n) is 21.0. The molecule has 1 saturated heterocycles. The van der Waals surface area contributed by atoms with E-state index in [1.165, 1.54) is 38.8 Å². The SMILES string of the molecule is C=Cc1cnn2ccc(-c3c[nH]c4nc(NCC5(C)CC5)ncc34)cc12.CNC1CCN(C)CC1. The number of aromatic amines is 1. The van der Waals surface area contributed by atoms with E-state index in [2.05, 4.69) is 75.3 Å². The lowest BCUT2D eigenvalue weighted by Crippen LogP contribution is -2.39. The van der Waals surface area contributed by atoms with E-state index in [-0.39, 0.29) is 0 Å². The van der Waals surface area contributed by atoms with Crippen LogP contribution in [0.25, 0.3) is 33.8 Å². The number of nitrogens with one attached hydrogen (secondary N) is 3. The van der Waals surface area contributed by atoms with Crippen LogP contribution >= 0.6 is 0 Å². The Morgan fingerprint density at radius 1 is 1.26 bits per heavy atom. The highest BCUT2D eigenvalue weighted by molar-refractivity contribution is 5.94. The largest absolute Gasteiger partial charge is 0.354 e. The van der Waals surface area contributed by atoms with Gasteiger partial charge in [0.1, 0.15) is 5.65 Å². The van der Waals surface area contributed by atoms with Gasteiger partial charge in [-0.15, -0.1) is 0 Å². The van der Waals surface area contributed by atoms with E-state index in [4.69, 9.17) is 0 Å². The van der Waals surface area contributed by atoms with Gasteiger partial charge < -0.3 is 20.5 Å². The van der Waals surface area contributed by atoms with Crippen molar-refractivity contribution in [3.8, 4) is 11.1 Å². The standard InChI is InChI=1S/C20H20N6.C7H16N2/c1-3-13-9-24-26-7-4-14(8-17(13)26)15-10-21-18-16(15)11-22-19(25-18)23-12-20(2)5-6-20;1-8-7-3-5-9(2)6-4-7/h3-4,7-11H,1,5-6,12H2,2H3,(H2,21,22,23,25);7-8H,3-6H2,1-2H3. The van der Waals surface area contributed by atoms with Crippen molar-refractivity contribution in [1.29, 1.82) is 0 Å². The minimum absolute atomic E-state index is 0.419. The van der Waals surface area contributed by atoms with E-state index in [9.17, 15) is 0 Å². The van der Waals surface area contributed by atoms with Crippen molar-refractivity contribution in [2.75, 3.05) is 39.0 Å². The van der Waals surface area contributed by atoms with Crippen LogP contribution in [0.5, 0.6) is 0 Å². The van der Waals surface area contributed by atoms with Gasteiger partial charge in [-0.1, -0.05) is 19.6 Å². The number of anilines is 1. The first-order chi connectivity index (χ1) is 17.0. The molecule has 0 spiro atoms. The molecule has 8 heteroatoms. The van der Waals surface area contributed by atoms with Crippen LogP contribution in [0.4, 0.5) is 5.95 Å². The molecule has 0 bridgehead atoms. The highest BCUT2D eigenvalue weighted by Gasteiger charge is 2.37. The van der Waals surface area contributed by atoms with Crippen molar-refractivity contribution in [2.45, 2.75) is 38.6 Å². The molecule has 0 aromatic carbocycles. The second kappa shape index (κ2) is 9.79. The lowest BCUT2D eigenvalue weighted by molar-refractivity contribution is 0.240. The lowest BCUT2D eigenvalue weighted by atomic mass is 10.1. The first-order valence-corrected chi connectivity index (χ1v) is 12.5. The number of likely N-dealkylation sites (tertiary alicyclic amines) is 1. The molecule has 2 aliphatic rings. The van der Waals surface area contributed by atoms with Gasteiger partial charge in [-0.3, -0.25) is 0 Å². The number of hydrogen-bond donors (Lipinski definition) is 3. The van der Waals surface area contributed by atoms with Gasteiger partial charge in [-0.2, -0.15) is 10.1 Å². The molecular weight excluding hydrogens is 436 g/mol. The summed E-state index contributed by atoms with van der Waals surface area (Å²) in [6.07, 6.45) is 14.7. The Labute approximate surface area is 206 Å². The number of pyridine rings is 1. The summed E-state index contributed by atoms with van der Waals surface area (Å²) in [5.74, 6) is 0.680. The number of H-pyrrole nitrogens is 1. The molecule has 1 saturated carbocycles. The van der Waals surface area contributed by atoms with Crippen LogP contribution in [0.2, 0.25) is 0 Å². The van der Waals surface area contributed by atoms with Gasteiger partial charge in [0.15, 0.2) is 0 Å². The summed E-state index contributed by atoms with van der Waals surface area (Å²) in [5, 5.41) is 12.0. The van der Waals surface area contributed by atoms with Gasteiger partial charge in [-0.25, -0.2) is 9.50 Å². The predicted octanol–water partition coefficient (Wildman–Crippen LogP) is 4.43. The molecule has 0 atom stereocenters. The maximum absolute atomic E-state index is 4.63. The summed E-state index contributed by atoms with van der Waals surface area (Å²) in [7, 11) is 4.24. The molecule has 0 unspecified atom stereocenters. The third kappa shape index (κ3) is 5.23. The van der Waals surface area contributed by atoms with Crippen molar-refractivity contribution in [3.63, 3.8) is 0 Å². The highest BCUT2D eigenvalue weighted by atomic mass is 15.2. The maximum atomic E-state index is 4.63. The molecule has 1 aliphatic heterocycles. The first kappa shape index (κ1) is 23.5. The molecule has 8 nitrogen and oxygen atoms in total. The summed E-state index contributed by atoms with van der Waals surface area (Å²) in [4.78, 5) is 14.8. The zero-order chi connectivity index (χ0) is 24.4. The Kier molecular flexibility index (Phi) is 6.58. The molecule has 184 valence electrons. The molecule has 6 rings (SSSR count). The second-order valence-electron chi connectivity index (χ2n) is 10.2. The fourth-order valence-electron chi connectivity index (χ4n) is 4.54. The molecule has 35 heavy (non-hydrogen) atoms. The Morgan fingerprint density at radius 3 is 2.77 bits per heavy atom. The first-order valence-electron chi connectivity index (χ1n) is 12.5. The van der Waals surface area contributed by atoms with Crippen LogP contribution in [0.3, 0.4) is 0 Å². The van der Waals surface area contributed by atoms with Gasteiger partial charge in [0.05, 0.1) is 11.7 Å². The minimum atomic E-state index is 0.419. The van der Waals surface area contributed by atoms with Gasteiger partial charge in [-0.05, 0) is 76.0 Å². The van der Waals surface area contributed by atoms with E-state index < -0.39 is 0 Å². The van der Waals surface area contributed by atoms with E-state index in [1.807, 2.05) is 35.4 Å². The summed E-state index contributed by atoms with van der Waals surface area (Å²) in [5.41, 5.74) is 5.49. The van der Waals surface area contributed by atoms with Crippen LogP contribution in [0.1, 0.15) is 38.2 Å².